The summed E-state index contributed by atoms with van der Waals surface area (Å²) in [6, 6.07) is 1.32. The smallest absolute Gasteiger partial charge is 0.0195 e. The molecule has 0 aromatic heterocycles. The second-order valence-corrected chi connectivity index (χ2v) is 4.56. The molecule has 1 N–H and O–H groups in total. The number of hydrogen-bond donors (Lipinski definition) is 1. The molecular formula is C11H25N3. The summed E-state index contributed by atoms with van der Waals surface area (Å²) in [5, 5.41) is 3.47. The molecule has 1 fully saturated rings. The Kier molecular flexibility index (Phi) is 4.85. The number of nitrogens with zero attached hydrogens (tertiary/aromatic N) is 2. The zero-order valence-corrected chi connectivity index (χ0v) is 10.1. The predicted molar refractivity (Wildman–Crippen MR) is 61.7 cm³/mol. The maximum Gasteiger partial charge on any atom is 0.0195 e. The zero-order valence-electron chi connectivity index (χ0n) is 10.1. The van der Waals surface area contributed by atoms with E-state index in [0.717, 1.165) is 6.54 Å². The van der Waals surface area contributed by atoms with Gasteiger partial charge >= 0.3 is 0 Å². The molecule has 1 aliphatic heterocycles. The Morgan fingerprint density at radius 2 is 2.14 bits per heavy atom. The Morgan fingerprint density at radius 3 is 2.71 bits per heavy atom. The minimum absolute atomic E-state index is 0.617. The van der Waals surface area contributed by atoms with Gasteiger partial charge < -0.3 is 10.2 Å². The van der Waals surface area contributed by atoms with Crippen molar-refractivity contribution >= 4 is 0 Å². The fourth-order valence-corrected chi connectivity index (χ4v) is 2.21. The summed E-state index contributed by atoms with van der Waals surface area (Å²) in [5.74, 6) is 0. The van der Waals surface area contributed by atoms with Crippen LogP contribution in [-0.4, -0.2) is 61.7 Å². The summed E-state index contributed by atoms with van der Waals surface area (Å²) >= 11 is 0. The van der Waals surface area contributed by atoms with Crippen LogP contribution in [-0.2, 0) is 0 Å². The van der Waals surface area contributed by atoms with Crippen molar-refractivity contribution in [2.75, 3.05) is 39.8 Å². The molecule has 84 valence electrons. The lowest BCUT2D eigenvalue weighted by Crippen LogP contribution is -2.53. The lowest BCUT2D eigenvalue weighted by molar-refractivity contribution is 0.0925. The monoisotopic (exact) mass is 199 g/mol. The van der Waals surface area contributed by atoms with Crippen LogP contribution < -0.4 is 5.32 Å². The first-order valence-electron chi connectivity index (χ1n) is 5.79. The highest BCUT2D eigenvalue weighted by atomic mass is 15.3. The van der Waals surface area contributed by atoms with Crippen molar-refractivity contribution < 1.29 is 0 Å². The van der Waals surface area contributed by atoms with E-state index in [4.69, 9.17) is 0 Å². The number of nitrogens with one attached hydrogen (secondary N) is 1. The molecule has 1 rings (SSSR count). The summed E-state index contributed by atoms with van der Waals surface area (Å²) in [5.41, 5.74) is 0. The van der Waals surface area contributed by atoms with Crippen LogP contribution in [0.4, 0.5) is 0 Å². The maximum absolute atomic E-state index is 3.47. The van der Waals surface area contributed by atoms with Gasteiger partial charge in [0.1, 0.15) is 0 Å². The molecule has 0 aromatic rings. The molecule has 1 saturated heterocycles. The van der Waals surface area contributed by atoms with Crippen molar-refractivity contribution in [1.82, 2.24) is 15.1 Å². The number of likely N-dealkylation sites (N-methyl/N-ethyl adjacent to an activating group) is 2. The first-order valence-corrected chi connectivity index (χ1v) is 5.79. The summed E-state index contributed by atoms with van der Waals surface area (Å²) < 4.78 is 0. The minimum Gasteiger partial charge on any atom is -0.313 e. The minimum atomic E-state index is 0.617. The van der Waals surface area contributed by atoms with Crippen LogP contribution in [0, 0.1) is 0 Å². The molecule has 1 aliphatic rings. The second-order valence-electron chi connectivity index (χ2n) is 4.56. The van der Waals surface area contributed by atoms with E-state index < -0.39 is 0 Å². The van der Waals surface area contributed by atoms with Gasteiger partial charge in [-0.1, -0.05) is 6.92 Å². The Labute approximate surface area is 88.5 Å². The Balaban J connectivity index is 2.29. The lowest BCUT2D eigenvalue weighted by atomic mass is 10.1. The van der Waals surface area contributed by atoms with Crippen molar-refractivity contribution in [3.8, 4) is 0 Å². The van der Waals surface area contributed by atoms with E-state index in [9.17, 15) is 0 Å². The molecule has 0 radical (unpaired) electrons. The van der Waals surface area contributed by atoms with Crippen LogP contribution >= 0.6 is 0 Å². The van der Waals surface area contributed by atoms with Gasteiger partial charge in [0.2, 0.25) is 0 Å². The van der Waals surface area contributed by atoms with Crippen LogP contribution in [0.25, 0.3) is 0 Å². The van der Waals surface area contributed by atoms with Gasteiger partial charge in [-0.05, 0) is 27.4 Å². The Morgan fingerprint density at radius 1 is 1.43 bits per heavy atom. The Bertz CT molecular complexity index is 161. The summed E-state index contributed by atoms with van der Waals surface area (Å²) in [6.07, 6.45) is 0. The highest BCUT2D eigenvalue weighted by Crippen LogP contribution is 2.07. The molecule has 2 atom stereocenters. The van der Waals surface area contributed by atoms with Crippen LogP contribution in [0.3, 0.4) is 0 Å². The Hall–Kier alpha value is -0.120. The third-order valence-electron chi connectivity index (χ3n) is 3.03. The first-order chi connectivity index (χ1) is 6.63. The van der Waals surface area contributed by atoms with E-state index in [1.165, 1.54) is 26.2 Å². The molecule has 0 bridgehead atoms. The molecular weight excluding hydrogens is 174 g/mol. The summed E-state index contributed by atoms with van der Waals surface area (Å²) in [7, 11) is 2.21. The van der Waals surface area contributed by atoms with Crippen molar-refractivity contribution in [2.24, 2.45) is 0 Å². The van der Waals surface area contributed by atoms with Gasteiger partial charge in [0.15, 0.2) is 0 Å². The molecule has 0 aromatic carbocycles. The molecule has 1 heterocycles. The third kappa shape index (κ3) is 3.56. The lowest BCUT2D eigenvalue weighted by Gasteiger charge is -2.39. The normalized spacial score (nSPS) is 27.9. The van der Waals surface area contributed by atoms with E-state index in [-0.39, 0.29) is 0 Å². The van der Waals surface area contributed by atoms with Crippen LogP contribution in [0.5, 0.6) is 0 Å². The average Bonchev–Trinajstić information content (AvgIpc) is 2.10. The molecule has 0 saturated carbocycles. The predicted octanol–water partition coefficient (Wildman–Crippen LogP) is 0.620. The van der Waals surface area contributed by atoms with Gasteiger partial charge in [0.25, 0.3) is 0 Å². The SMILES string of the molecule is CCNC(C)CN1CCN(C)CC1C. The second kappa shape index (κ2) is 5.69. The van der Waals surface area contributed by atoms with Crippen molar-refractivity contribution in [3.05, 3.63) is 0 Å². The van der Waals surface area contributed by atoms with Gasteiger partial charge in [0.05, 0.1) is 0 Å². The van der Waals surface area contributed by atoms with Gasteiger partial charge in [-0.25, -0.2) is 0 Å². The fourth-order valence-electron chi connectivity index (χ4n) is 2.21. The molecule has 2 unspecified atom stereocenters. The number of piperazine rings is 1. The molecule has 3 nitrogen and oxygen atoms in total. The summed E-state index contributed by atoms with van der Waals surface area (Å²) in [4.78, 5) is 5.01. The van der Waals surface area contributed by atoms with Crippen LogP contribution in [0.15, 0.2) is 0 Å². The fraction of sp³-hybridized carbons (Fsp3) is 1.00. The van der Waals surface area contributed by atoms with E-state index in [0.29, 0.717) is 12.1 Å². The number of hydrogen-bond acceptors (Lipinski definition) is 3. The van der Waals surface area contributed by atoms with E-state index >= 15 is 0 Å². The topological polar surface area (TPSA) is 18.5 Å². The average molecular weight is 199 g/mol. The summed E-state index contributed by atoms with van der Waals surface area (Å²) in [6.45, 7) is 12.7. The van der Waals surface area contributed by atoms with Gasteiger partial charge in [-0.3, -0.25) is 4.90 Å². The standard InChI is InChI=1S/C11H25N3/c1-5-12-10(2)8-14-7-6-13(4)9-11(14)3/h10-12H,5-9H2,1-4H3. The van der Waals surface area contributed by atoms with Gasteiger partial charge in [-0.15, -0.1) is 0 Å². The highest BCUT2D eigenvalue weighted by Gasteiger charge is 2.22. The molecule has 0 aliphatic carbocycles. The molecule has 0 amide bonds. The van der Waals surface area contributed by atoms with E-state index in [2.05, 4.69) is 42.9 Å². The van der Waals surface area contributed by atoms with Crippen LogP contribution in [0.2, 0.25) is 0 Å². The molecule has 14 heavy (non-hydrogen) atoms. The van der Waals surface area contributed by atoms with Gasteiger partial charge in [0, 0.05) is 38.3 Å². The first kappa shape index (κ1) is 12.0. The maximum atomic E-state index is 3.47. The molecule has 3 heteroatoms. The van der Waals surface area contributed by atoms with E-state index in [1.54, 1.807) is 0 Å². The largest absolute Gasteiger partial charge is 0.313 e. The van der Waals surface area contributed by atoms with Crippen molar-refractivity contribution in [2.45, 2.75) is 32.9 Å². The van der Waals surface area contributed by atoms with Crippen molar-refractivity contribution in [1.29, 1.82) is 0 Å². The van der Waals surface area contributed by atoms with E-state index in [1.807, 2.05) is 0 Å². The third-order valence-corrected chi connectivity index (χ3v) is 3.03. The zero-order chi connectivity index (χ0) is 10.6. The molecule has 0 spiro atoms. The quantitative estimate of drug-likeness (QED) is 0.716. The van der Waals surface area contributed by atoms with Crippen LogP contribution in [0.1, 0.15) is 20.8 Å². The highest BCUT2D eigenvalue weighted by molar-refractivity contribution is 4.79. The number of rotatable bonds is 4. The van der Waals surface area contributed by atoms with Gasteiger partial charge in [-0.2, -0.15) is 0 Å². The van der Waals surface area contributed by atoms with Crippen molar-refractivity contribution in [3.63, 3.8) is 0 Å².